The van der Waals surface area contributed by atoms with Gasteiger partial charge in [0.15, 0.2) is 0 Å². The van der Waals surface area contributed by atoms with Crippen LogP contribution in [0.2, 0.25) is 0 Å². The van der Waals surface area contributed by atoms with Gasteiger partial charge in [0.1, 0.15) is 11.4 Å². The lowest BCUT2D eigenvalue weighted by Gasteiger charge is -2.28. The van der Waals surface area contributed by atoms with Gasteiger partial charge in [0.25, 0.3) is 0 Å². The Bertz CT molecular complexity index is 316. The van der Waals surface area contributed by atoms with Crippen LogP contribution in [0.1, 0.15) is 25.8 Å². The first-order chi connectivity index (χ1) is 7.14. The molecule has 1 nitrogen and oxygen atoms in total. The SMILES string of the molecule is CCCOC(C)(CI)c1ccccc1F. The lowest BCUT2D eigenvalue weighted by Crippen LogP contribution is -2.29. The number of alkyl halides is 1. The molecule has 0 amide bonds. The third-order valence-corrected chi connectivity index (χ3v) is 3.78. The fraction of sp³-hybridized carbons (Fsp3) is 0.500. The Balaban J connectivity index is 2.95. The molecule has 0 aliphatic carbocycles. The molecule has 0 heterocycles. The molecule has 0 aliphatic heterocycles. The predicted octanol–water partition coefficient (Wildman–Crippen LogP) is 3.90. The molecule has 3 heteroatoms. The molecule has 0 spiro atoms. The van der Waals surface area contributed by atoms with E-state index >= 15 is 0 Å². The van der Waals surface area contributed by atoms with Gasteiger partial charge >= 0.3 is 0 Å². The molecule has 15 heavy (non-hydrogen) atoms. The number of hydrogen-bond donors (Lipinski definition) is 0. The van der Waals surface area contributed by atoms with E-state index in [2.05, 4.69) is 29.5 Å². The fourth-order valence-electron chi connectivity index (χ4n) is 1.41. The number of benzene rings is 1. The molecule has 0 N–H and O–H groups in total. The minimum atomic E-state index is -0.512. The van der Waals surface area contributed by atoms with Crippen LogP contribution in [-0.4, -0.2) is 11.0 Å². The summed E-state index contributed by atoms with van der Waals surface area (Å²) in [7, 11) is 0. The van der Waals surface area contributed by atoms with Crippen LogP contribution in [0.25, 0.3) is 0 Å². The Morgan fingerprint density at radius 1 is 1.40 bits per heavy atom. The van der Waals surface area contributed by atoms with Gasteiger partial charge in [0.05, 0.1) is 0 Å². The van der Waals surface area contributed by atoms with Gasteiger partial charge in [-0.15, -0.1) is 0 Å². The molecule has 84 valence electrons. The Morgan fingerprint density at radius 2 is 2.07 bits per heavy atom. The molecule has 0 aliphatic rings. The first kappa shape index (κ1) is 12.9. The molecular weight excluding hydrogens is 306 g/mol. The largest absolute Gasteiger partial charge is 0.370 e. The summed E-state index contributed by atoms with van der Waals surface area (Å²) in [5.41, 5.74) is 0.134. The minimum absolute atomic E-state index is 0.187. The second kappa shape index (κ2) is 5.80. The Kier molecular flexibility index (Phi) is 4.99. The lowest BCUT2D eigenvalue weighted by atomic mass is 9.97. The molecule has 0 saturated heterocycles. The highest BCUT2D eigenvalue weighted by molar-refractivity contribution is 14.1. The van der Waals surface area contributed by atoms with Crippen molar-refractivity contribution >= 4 is 22.6 Å². The zero-order chi connectivity index (χ0) is 11.3. The topological polar surface area (TPSA) is 9.23 Å². The average Bonchev–Trinajstić information content (AvgIpc) is 2.26. The molecule has 1 atom stereocenters. The van der Waals surface area contributed by atoms with E-state index in [0.29, 0.717) is 12.2 Å². The van der Waals surface area contributed by atoms with E-state index in [9.17, 15) is 4.39 Å². The summed E-state index contributed by atoms with van der Waals surface area (Å²) < 4.78 is 20.1. The van der Waals surface area contributed by atoms with Gasteiger partial charge in [-0.2, -0.15) is 0 Å². The molecule has 0 saturated carbocycles. The molecule has 1 rings (SSSR count). The fourth-order valence-corrected chi connectivity index (χ4v) is 2.04. The van der Waals surface area contributed by atoms with E-state index < -0.39 is 5.60 Å². The zero-order valence-corrected chi connectivity index (χ0v) is 11.3. The Hall–Kier alpha value is -0.160. The summed E-state index contributed by atoms with van der Waals surface area (Å²) in [6, 6.07) is 6.82. The van der Waals surface area contributed by atoms with Crippen molar-refractivity contribution < 1.29 is 9.13 Å². The number of ether oxygens (including phenoxy) is 1. The van der Waals surface area contributed by atoms with E-state index in [1.54, 1.807) is 12.1 Å². The monoisotopic (exact) mass is 322 g/mol. The summed E-state index contributed by atoms with van der Waals surface area (Å²) in [5.74, 6) is -0.187. The molecule has 0 aromatic heterocycles. The van der Waals surface area contributed by atoms with Crippen molar-refractivity contribution in [3.8, 4) is 0 Å². The quantitative estimate of drug-likeness (QED) is 0.590. The highest BCUT2D eigenvalue weighted by Crippen LogP contribution is 2.29. The molecule has 1 aromatic carbocycles. The van der Waals surface area contributed by atoms with Gasteiger partial charge in [-0.3, -0.25) is 0 Å². The van der Waals surface area contributed by atoms with Crippen molar-refractivity contribution in [3.05, 3.63) is 35.6 Å². The summed E-state index contributed by atoms with van der Waals surface area (Å²) in [4.78, 5) is 0. The van der Waals surface area contributed by atoms with Crippen LogP contribution < -0.4 is 0 Å². The van der Waals surface area contributed by atoms with Gasteiger partial charge in [-0.1, -0.05) is 47.7 Å². The third-order valence-electron chi connectivity index (χ3n) is 2.32. The lowest BCUT2D eigenvalue weighted by molar-refractivity contribution is -0.0174. The predicted molar refractivity (Wildman–Crippen MR) is 68.9 cm³/mol. The standard InChI is InChI=1S/C12H16FIO/c1-3-8-15-12(2,9-14)10-6-4-5-7-11(10)13/h4-7H,3,8-9H2,1-2H3. The summed E-state index contributed by atoms with van der Waals surface area (Å²) in [5, 5.41) is 0. The van der Waals surface area contributed by atoms with Crippen LogP contribution in [-0.2, 0) is 10.3 Å². The second-order valence-electron chi connectivity index (χ2n) is 3.69. The van der Waals surface area contributed by atoms with Gasteiger partial charge in [0, 0.05) is 16.6 Å². The maximum atomic E-state index is 13.6. The maximum Gasteiger partial charge on any atom is 0.129 e. The van der Waals surface area contributed by atoms with Crippen molar-refractivity contribution in [2.45, 2.75) is 25.9 Å². The van der Waals surface area contributed by atoms with E-state index in [-0.39, 0.29) is 5.82 Å². The smallest absolute Gasteiger partial charge is 0.129 e. The van der Waals surface area contributed by atoms with Crippen LogP contribution in [0.15, 0.2) is 24.3 Å². The van der Waals surface area contributed by atoms with E-state index in [1.807, 2.05) is 13.0 Å². The Morgan fingerprint density at radius 3 is 2.60 bits per heavy atom. The van der Waals surface area contributed by atoms with Crippen LogP contribution >= 0.6 is 22.6 Å². The van der Waals surface area contributed by atoms with Crippen molar-refractivity contribution in [2.24, 2.45) is 0 Å². The number of halogens is 2. The first-order valence-corrected chi connectivity index (χ1v) is 6.61. The van der Waals surface area contributed by atoms with Gasteiger partial charge in [-0.25, -0.2) is 4.39 Å². The molecule has 0 radical (unpaired) electrons. The van der Waals surface area contributed by atoms with Crippen LogP contribution in [0, 0.1) is 5.82 Å². The molecule has 0 fully saturated rings. The van der Waals surface area contributed by atoms with Crippen LogP contribution in [0.5, 0.6) is 0 Å². The third kappa shape index (κ3) is 3.14. The molecule has 0 bridgehead atoms. The van der Waals surface area contributed by atoms with Gasteiger partial charge < -0.3 is 4.74 Å². The zero-order valence-electron chi connectivity index (χ0n) is 9.09. The van der Waals surface area contributed by atoms with Crippen LogP contribution in [0.3, 0.4) is 0 Å². The summed E-state index contributed by atoms with van der Waals surface area (Å²) in [6.07, 6.45) is 0.945. The highest BCUT2D eigenvalue weighted by atomic mass is 127. The van der Waals surface area contributed by atoms with Crippen molar-refractivity contribution in [1.82, 2.24) is 0 Å². The van der Waals surface area contributed by atoms with Crippen LogP contribution in [0.4, 0.5) is 4.39 Å². The summed E-state index contributed by atoms with van der Waals surface area (Å²) >= 11 is 2.23. The Labute approximate surface area is 104 Å². The van der Waals surface area contributed by atoms with Crippen molar-refractivity contribution in [1.29, 1.82) is 0 Å². The van der Waals surface area contributed by atoms with Gasteiger partial charge in [-0.05, 0) is 19.4 Å². The molecule has 1 aromatic rings. The number of rotatable bonds is 5. The van der Waals surface area contributed by atoms with Gasteiger partial charge in [0.2, 0.25) is 0 Å². The average molecular weight is 322 g/mol. The highest BCUT2D eigenvalue weighted by Gasteiger charge is 2.28. The summed E-state index contributed by atoms with van der Waals surface area (Å²) in [6.45, 7) is 4.65. The number of hydrogen-bond acceptors (Lipinski definition) is 1. The van der Waals surface area contributed by atoms with Crippen molar-refractivity contribution in [2.75, 3.05) is 11.0 Å². The van der Waals surface area contributed by atoms with E-state index in [1.165, 1.54) is 6.07 Å². The minimum Gasteiger partial charge on any atom is -0.370 e. The van der Waals surface area contributed by atoms with E-state index in [4.69, 9.17) is 4.74 Å². The van der Waals surface area contributed by atoms with Crippen molar-refractivity contribution in [3.63, 3.8) is 0 Å². The molecular formula is C12H16FIO. The normalized spacial score (nSPS) is 14.9. The first-order valence-electron chi connectivity index (χ1n) is 5.09. The van der Waals surface area contributed by atoms with E-state index in [0.717, 1.165) is 10.8 Å². The molecule has 1 unspecified atom stereocenters. The maximum absolute atomic E-state index is 13.6. The second-order valence-corrected chi connectivity index (χ2v) is 4.46.